The van der Waals surface area contributed by atoms with Gasteiger partial charge in [0.15, 0.2) is 5.65 Å². The molecule has 2 aromatic rings. The number of aliphatic hydroxyl groups excluding tert-OH is 2. The lowest BCUT2D eigenvalue weighted by Gasteiger charge is -2.19. The summed E-state index contributed by atoms with van der Waals surface area (Å²) in [6, 6.07) is 2.68. The van der Waals surface area contributed by atoms with E-state index in [1.54, 1.807) is 19.1 Å². The summed E-state index contributed by atoms with van der Waals surface area (Å²) >= 11 is 0. The van der Waals surface area contributed by atoms with E-state index in [0.29, 0.717) is 17.0 Å². The Kier molecular flexibility index (Phi) is 4.01. The highest BCUT2D eigenvalue weighted by molar-refractivity contribution is 5.93. The zero-order chi connectivity index (χ0) is 14.9. The van der Waals surface area contributed by atoms with E-state index in [2.05, 4.69) is 15.4 Å². The molecule has 0 aliphatic heterocycles. The maximum absolute atomic E-state index is 12.3. The molecule has 0 saturated heterocycles. The van der Waals surface area contributed by atoms with E-state index >= 15 is 0 Å². The third kappa shape index (κ3) is 2.78. The van der Waals surface area contributed by atoms with E-state index in [4.69, 9.17) is 5.11 Å². The van der Waals surface area contributed by atoms with Crippen molar-refractivity contribution in [3.63, 3.8) is 0 Å². The Balaban J connectivity index is 2.38. The summed E-state index contributed by atoms with van der Waals surface area (Å²) in [5.74, 6) is -0.413. The Morgan fingerprint density at radius 3 is 2.70 bits per heavy atom. The summed E-state index contributed by atoms with van der Waals surface area (Å²) in [6.07, 6.45) is -0.846. The molecule has 0 aliphatic rings. The lowest BCUT2D eigenvalue weighted by atomic mass is 10.2. The van der Waals surface area contributed by atoms with Crippen molar-refractivity contribution in [1.29, 1.82) is 0 Å². The monoisotopic (exact) mass is 278 g/mol. The van der Waals surface area contributed by atoms with Crippen LogP contribution in [0.1, 0.15) is 28.8 Å². The summed E-state index contributed by atoms with van der Waals surface area (Å²) in [7, 11) is 0. The zero-order valence-electron chi connectivity index (χ0n) is 11.7. The molecule has 2 rings (SSSR count). The van der Waals surface area contributed by atoms with Crippen LogP contribution in [0.5, 0.6) is 0 Å². The fourth-order valence-electron chi connectivity index (χ4n) is 1.94. The van der Waals surface area contributed by atoms with Gasteiger partial charge in [-0.1, -0.05) is 0 Å². The van der Waals surface area contributed by atoms with E-state index < -0.39 is 18.1 Å². The molecule has 0 aliphatic carbocycles. The fourth-order valence-corrected chi connectivity index (χ4v) is 1.94. The average Bonchev–Trinajstić information content (AvgIpc) is 2.74. The van der Waals surface area contributed by atoms with Gasteiger partial charge in [-0.3, -0.25) is 4.79 Å². The van der Waals surface area contributed by atoms with Crippen LogP contribution in [0.4, 0.5) is 0 Å². The molecule has 0 bridgehead atoms. The number of carbonyl (C=O) groups is 1. The van der Waals surface area contributed by atoms with Crippen LogP contribution >= 0.6 is 0 Å². The molecular formula is C13H18N4O3. The Hall–Kier alpha value is -1.99. The van der Waals surface area contributed by atoms with E-state index in [9.17, 15) is 9.90 Å². The number of aliphatic hydroxyl groups is 2. The van der Waals surface area contributed by atoms with Crippen LogP contribution in [-0.2, 0) is 0 Å². The maximum Gasteiger partial charge on any atom is 0.270 e. The lowest BCUT2D eigenvalue weighted by Crippen LogP contribution is -2.45. The van der Waals surface area contributed by atoms with Crippen molar-refractivity contribution in [3.8, 4) is 0 Å². The summed E-state index contributed by atoms with van der Waals surface area (Å²) in [4.78, 5) is 16.6. The van der Waals surface area contributed by atoms with Gasteiger partial charge in [0.25, 0.3) is 5.91 Å². The third-order valence-electron chi connectivity index (χ3n) is 3.01. The molecule has 0 aromatic carbocycles. The number of fused-ring (bicyclic) bond motifs is 1. The van der Waals surface area contributed by atoms with Gasteiger partial charge in [0.1, 0.15) is 5.69 Å². The topological polar surface area (TPSA) is 99.8 Å². The van der Waals surface area contributed by atoms with E-state index in [1.807, 2.05) is 6.92 Å². The van der Waals surface area contributed by atoms with Gasteiger partial charge in [-0.2, -0.15) is 5.10 Å². The Labute approximate surface area is 116 Å². The number of amides is 1. The first-order chi connectivity index (χ1) is 9.42. The Morgan fingerprint density at radius 2 is 2.10 bits per heavy atom. The minimum Gasteiger partial charge on any atom is -0.394 e. The van der Waals surface area contributed by atoms with Crippen molar-refractivity contribution in [2.75, 3.05) is 6.61 Å². The van der Waals surface area contributed by atoms with Crippen LogP contribution in [0.3, 0.4) is 0 Å². The van der Waals surface area contributed by atoms with Gasteiger partial charge in [0.2, 0.25) is 0 Å². The SMILES string of the molecule is Cc1cc(C(=O)N[C@H](CO)[C@@H](C)O)n2nc(C)cc2n1. The molecule has 0 unspecified atom stereocenters. The first-order valence-corrected chi connectivity index (χ1v) is 6.36. The zero-order valence-corrected chi connectivity index (χ0v) is 11.7. The standard InChI is InChI=1S/C13H18N4O3/c1-7-4-11(13(20)15-10(6-18)9(3)19)17-12(14-7)5-8(2)16-17/h4-5,9-10,18-19H,6H2,1-3H3,(H,15,20)/t9-,10-/m1/s1. The number of carbonyl (C=O) groups excluding carboxylic acids is 1. The van der Waals surface area contributed by atoms with Gasteiger partial charge in [-0.05, 0) is 26.8 Å². The molecule has 1 amide bonds. The van der Waals surface area contributed by atoms with Gasteiger partial charge in [0, 0.05) is 11.8 Å². The molecule has 2 aromatic heterocycles. The van der Waals surface area contributed by atoms with E-state index in [-0.39, 0.29) is 6.61 Å². The van der Waals surface area contributed by atoms with Crippen molar-refractivity contribution in [2.45, 2.75) is 32.9 Å². The van der Waals surface area contributed by atoms with E-state index in [1.165, 1.54) is 11.4 Å². The molecule has 108 valence electrons. The average molecular weight is 278 g/mol. The molecule has 0 saturated carbocycles. The highest BCUT2D eigenvalue weighted by atomic mass is 16.3. The molecule has 2 atom stereocenters. The van der Waals surface area contributed by atoms with Gasteiger partial charge in [0.05, 0.1) is 24.4 Å². The first kappa shape index (κ1) is 14.4. The molecule has 0 radical (unpaired) electrons. The summed E-state index contributed by atoms with van der Waals surface area (Å²) in [5, 5.41) is 25.4. The second kappa shape index (κ2) is 5.56. The molecule has 7 heteroatoms. The Bertz CT molecular complexity index is 636. The number of nitrogens with zero attached hydrogens (tertiary/aromatic N) is 3. The molecule has 0 fully saturated rings. The molecule has 7 nitrogen and oxygen atoms in total. The van der Waals surface area contributed by atoms with Gasteiger partial charge in [-0.15, -0.1) is 0 Å². The number of aromatic nitrogens is 3. The molecule has 20 heavy (non-hydrogen) atoms. The van der Waals surface area contributed by atoms with Crippen LogP contribution in [0.2, 0.25) is 0 Å². The largest absolute Gasteiger partial charge is 0.394 e. The van der Waals surface area contributed by atoms with Crippen molar-refractivity contribution >= 4 is 11.6 Å². The van der Waals surface area contributed by atoms with Crippen molar-refractivity contribution in [1.82, 2.24) is 19.9 Å². The first-order valence-electron chi connectivity index (χ1n) is 6.36. The number of rotatable bonds is 4. The minimum atomic E-state index is -0.846. The number of hydrogen-bond donors (Lipinski definition) is 3. The molecular weight excluding hydrogens is 260 g/mol. The predicted molar refractivity (Wildman–Crippen MR) is 72.5 cm³/mol. The van der Waals surface area contributed by atoms with Crippen LogP contribution in [0.15, 0.2) is 12.1 Å². The Morgan fingerprint density at radius 1 is 1.40 bits per heavy atom. The second-order valence-electron chi connectivity index (χ2n) is 4.84. The lowest BCUT2D eigenvalue weighted by molar-refractivity contribution is 0.0752. The second-order valence-corrected chi connectivity index (χ2v) is 4.84. The van der Waals surface area contributed by atoms with Crippen molar-refractivity contribution < 1.29 is 15.0 Å². The van der Waals surface area contributed by atoms with Crippen LogP contribution in [0, 0.1) is 13.8 Å². The number of nitrogens with one attached hydrogen (secondary N) is 1. The van der Waals surface area contributed by atoms with E-state index in [0.717, 1.165) is 5.69 Å². The minimum absolute atomic E-state index is 0.319. The number of hydrogen-bond acceptors (Lipinski definition) is 5. The quantitative estimate of drug-likeness (QED) is 0.720. The number of aryl methyl sites for hydroxylation is 2. The normalized spacial score (nSPS) is 14.2. The van der Waals surface area contributed by atoms with Crippen LogP contribution < -0.4 is 5.32 Å². The molecule has 2 heterocycles. The molecule has 3 N–H and O–H groups in total. The highest BCUT2D eigenvalue weighted by Crippen LogP contribution is 2.09. The highest BCUT2D eigenvalue weighted by Gasteiger charge is 2.20. The smallest absolute Gasteiger partial charge is 0.270 e. The summed E-state index contributed by atoms with van der Waals surface area (Å²) < 4.78 is 1.45. The van der Waals surface area contributed by atoms with Gasteiger partial charge in [-0.25, -0.2) is 9.50 Å². The summed E-state index contributed by atoms with van der Waals surface area (Å²) in [6.45, 7) is 4.77. The predicted octanol–water partition coefficient (Wildman–Crippen LogP) is -0.182. The fraction of sp³-hybridized carbons (Fsp3) is 0.462. The van der Waals surface area contributed by atoms with Crippen molar-refractivity contribution in [3.05, 3.63) is 29.2 Å². The van der Waals surface area contributed by atoms with Crippen LogP contribution in [0.25, 0.3) is 5.65 Å². The van der Waals surface area contributed by atoms with Crippen molar-refractivity contribution in [2.24, 2.45) is 0 Å². The van der Waals surface area contributed by atoms with Gasteiger partial charge < -0.3 is 15.5 Å². The summed E-state index contributed by atoms with van der Waals surface area (Å²) in [5.41, 5.74) is 2.36. The van der Waals surface area contributed by atoms with Gasteiger partial charge >= 0.3 is 0 Å². The molecule has 0 spiro atoms. The third-order valence-corrected chi connectivity index (χ3v) is 3.01. The van der Waals surface area contributed by atoms with Crippen LogP contribution in [-0.4, -0.2) is 49.5 Å². The maximum atomic E-state index is 12.3.